The summed E-state index contributed by atoms with van der Waals surface area (Å²) in [6.07, 6.45) is 1.98. The number of halogens is 1. The van der Waals surface area contributed by atoms with Gasteiger partial charge in [0.05, 0.1) is 11.6 Å². The van der Waals surface area contributed by atoms with Gasteiger partial charge in [0, 0.05) is 11.6 Å². The minimum atomic E-state index is -0.726. The fourth-order valence-corrected chi connectivity index (χ4v) is 1.24. The zero-order chi connectivity index (χ0) is 13.8. The van der Waals surface area contributed by atoms with Crippen LogP contribution in [0.2, 0.25) is 0 Å². The monoisotopic (exact) mass is 251 g/mol. The summed E-state index contributed by atoms with van der Waals surface area (Å²) in [5.74, 6) is -0.750. The van der Waals surface area contributed by atoms with Crippen LogP contribution in [0.4, 0.5) is 4.39 Å². The molecular weight excluding hydrogens is 233 g/mol. The van der Waals surface area contributed by atoms with Gasteiger partial charge >= 0.3 is 0 Å². The van der Waals surface area contributed by atoms with Crippen LogP contribution in [0.5, 0.6) is 0 Å². The first-order valence-corrected chi connectivity index (χ1v) is 5.76. The molecule has 1 aromatic carbocycles. The molecule has 3 nitrogen and oxygen atoms in total. The van der Waals surface area contributed by atoms with Crippen LogP contribution < -0.4 is 5.32 Å². The molecule has 0 aliphatic rings. The number of nitrogens with one attached hydrogen (secondary N) is 1. The smallest absolute Gasteiger partial charge is 0.244 e. The second kappa shape index (κ2) is 5.78. The minimum Gasteiger partial charge on any atom is -0.391 e. The van der Waals surface area contributed by atoms with Crippen LogP contribution in [0.1, 0.15) is 26.3 Å². The van der Waals surface area contributed by atoms with E-state index in [4.69, 9.17) is 0 Å². The Labute approximate surface area is 106 Å². The van der Waals surface area contributed by atoms with E-state index in [-0.39, 0.29) is 11.7 Å². The summed E-state index contributed by atoms with van der Waals surface area (Å²) in [6.45, 7) is 5.03. The lowest BCUT2D eigenvalue weighted by Crippen LogP contribution is -2.50. The first-order valence-electron chi connectivity index (χ1n) is 5.76. The van der Waals surface area contributed by atoms with Crippen molar-refractivity contribution in [3.8, 4) is 0 Å². The van der Waals surface area contributed by atoms with Crippen molar-refractivity contribution >= 4 is 12.0 Å². The number of aliphatic hydroxyl groups is 1. The minimum absolute atomic E-state index is 0.350. The van der Waals surface area contributed by atoms with E-state index in [0.29, 0.717) is 5.56 Å². The number of hydrogen-bond donors (Lipinski definition) is 2. The topological polar surface area (TPSA) is 49.3 Å². The number of rotatable bonds is 4. The molecule has 0 heterocycles. The molecule has 1 unspecified atom stereocenters. The van der Waals surface area contributed by atoms with E-state index < -0.39 is 11.6 Å². The van der Waals surface area contributed by atoms with Gasteiger partial charge in [0.1, 0.15) is 5.82 Å². The molecule has 1 aromatic rings. The molecule has 0 bridgehead atoms. The summed E-state index contributed by atoms with van der Waals surface area (Å²) >= 11 is 0. The van der Waals surface area contributed by atoms with Crippen molar-refractivity contribution in [3.05, 3.63) is 41.7 Å². The standard InChI is InChI=1S/C14H18FNO2/c1-10(17)14(2,3)16-13(18)9-8-11-6-4-5-7-12(11)15/h4-10,17H,1-3H3,(H,16,18)/b9-8+. The third-order valence-corrected chi connectivity index (χ3v) is 2.81. The molecule has 1 rings (SSSR count). The van der Waals surface area contributed by atoms with E-state index >= 15 is 0 Å². The maximum Gasteiger partial charge on any atom is 0.244 e. The molecule has 0 saturated heterocycles. The number of amides is 1. The highest BCUT2D eigenvalue weighted by Gasteiger charge is 2.24. The molecule has 1 atom stereocenters. The number of benzene rings is 1. The van der Waals surface area contributed by atoms with Gasteiger partial charge in [-0.15, -0.1) is 0 Å². The van der Waals surface area contributed by atoms with E-state index in [1.807, 2.05) is 0 Å². The van der Waals surface area contributed by atoms with Crippen LogP contribution in [-0.4, -0.2) is 22.7 Å². The lowest BCUT2D eigenvalue weighted by Gasteiger charge is -2.28. The third-order valence-electron chi connectivity index (χ3n) is 2.81. The molecule has 98 valence electrons. The predicted molar refractivity (Wildman–Crippen MR) is 69.3 cm³/mol. The molecule has 0 fully saturated rings. The highest BCUT2D eigenvalue weighted by molar-refractivity contribution is 5.92. The van der Waals surface area contributed by atoms with Crippen molar-refractivity contribution in [2.45, 2.75) is 32.4 Å². The molecule has 0 aromatic heterocycles. The van der Waals surface area contributed by atoms with Crippen LogP contribution in [0.15, 0.2) is 30.3 Å². The summed E-state index contributed by atoms with van der Waals surface area (Å²) in [4.78, 5) is 11.6. The zero-order valence-corrected chi connectivity index (χ0v) is 10.8. The maximum atomic E-state index is 13.3. The largest absolute Gasteiger partial charge is 0.391 e. The van der Waals surface area contributed by atoms with E-state index in [2.05, 4.69) is 5.32 Å². The molecular formula is C14H18FNO2. The lowest BCUT2D eigenvalue weighted by atomic mass is 9.99. The van der Waals surface area contributed by atoms with Crippen LogP contribution in [0.3, 0.4) is 0 Å². The van der Waals surface area contributed by atoms with Crippen molar-refractivity contribution in [1.29, 1.82) is 0 Å². The molecule has 0 spiro atoms. The maximum absolute atomic E-state index is 13.3. The normalized spacial score (nSPS) is 13.6. The van der Waals surface area contributed by atoms with E-state index in [9.17, 15) is 14.3 Å². The van der Waals surface area contributed by atoms with E-state index in [0.717, 1.165) is 0 Å². The van der Waals surface area contributed by atoms with Gasteiger partial charge < -0.3 is 10.4 Å². The Morgan fingerprint density at radius 2 is 2.06 bits per heavy atom. The number of carbonyl (C=O) groups is 1. The summed E-state index contributed by atoms with van der Waals surface area (Å²) in [5, 5.41) is 12.1. The molecule has 0 aliphatic heterocycles. The Balaban J connectivity index is 2.69. The van der Waals surface area contributed by atoms with Gasteiger partial charge in [-0.25, -0.2) is 4.39 Å². The Morgan fingerprint density at radius 3 is 2.61 bits per heavy atom. The van der Waals surface area contributed by atoms with Gasteiger partial charge in [0.25, 0.3) is 0 Å². The van der Waals surface area contributed by atoms with Crippen LogP contribution in [0.25, 0.3) is 6.08 Å². The molecule has 18 heavy (non-hydrogen) atoms. The summed E-state index contributed by atoms with van der Waals surface area (Å²) in [5.41, 5.74) is -0.376. The highest BCUT2D eigenvalue weighted by Crippen LogP contribution is 2.10. The zero-order valence-electron chi connectivity index (χ0n) is 10.8. The van der Waals surface area contributed by atoms with Crippen molar-refractivity contribution in [2.24, 2.45) is 0 Å². The Hall–Kier alpha value is -1.68. The van der Waals surface area contributed by atoms with Gasteiger partial charge in [-0.3, -0.25) is 4.79 Å². The van der Waals surface area contributed by atoms with Crippen molar-refractivity contribution in [1.82, 2.24) is 5.32 Å². The van der Waals surface area contributed by atoms with Crippen molar-refractivity contribution in [3.63, 3.8) is 0 Å². The fraction of sp³-hybridized carbons (Fsp3) is 0.357. The lowest BCUT2D eigenvalue weighted by molar-refractivity contribution is -0.119. The quantitative estimate of drug-likeness (QED) is 0.805. The Morgan fingerprint density at radius 1 is 1.44 bits per heavy atom. The third kappa shape index (κ3) is 3.96. The predicted octanol–water partition coefficient (Wildman–Crippen LogP) is 2.11. The van der Waals surface area contributed by atoms with Crippen LogP contribution >= 0.6 is 0 Å². The number of aliphatic hydroxyl groups excluding tert-OH is 1. The van der Waals surface area contributed by atoms with Gasteiger partial charge in [-0.1, -0.05) is 18.2 Å². The molecule has 0 saturated carbocycles. The molecule has 2 N–H and O–H groups in total. The summed E-state index contributed by atoms with van der Waals surface area (Å²) < 4.78 is 13.3. The van der Waals surface area contributed by atoms with E-state index in [1.54, 1.807) is 39.0 Å². The summed E-state index contributed by atoms with van der Waals surface area (Å²) in [6, 6.07) is 6.19. The average molecular weight is 251 g/mol. The first kappa shape index (κ1) is 14.4. The van der Waals surface area contributed by atoms with Crippen molar-refractivity contribution < 1.29 is 14.3 Å². The molecule has 1 amide bonds. The van der Waals surface area contributed by atoms with Gasteiger partial charge in [0.15, 0.2) is 0 Å². The second-order valence-corrected chi connectivity index (χ2v) is 4.74. The van der Waals surface area contributed by atoms with Crippen LogP contribution in [0, 0.1) is 5.82 Å². The average Bonchev–Trinajstić information content (AvgIpc) is 2.27. The second-order valence-electron chi connectivity index (χ2n) is 4.74. The SMILES string of the molecule is CC(O)C(C)(C)NC(=O)/C=C/c1ccccc1F. The van der Waals surface area contributed by atoms with Gasteiger partial charge in [-0.05, 0) is 32.9 Å². The Kier molecular flexibility index (Phi) is 4.62. The number of carbonyl (C=O) groups excluding carboxylic acids is 1. The molecule has 4 heteroatoms. The summed E-state index contributed by atoms with van der Waals surface area (Å²) in [7, 11) is 0. The molecule has 0 radical (unpaired) electrons. The van der Waals surface area contributed by atoms with Crippen LogP contribution in [-0.2, 0) is 4.79 Å². The van der Waals surface area contributed by atoms with E-state index in [1.165, 1.54) is 18.2 Å². The molecule has 0 aliphatic carbocycles. The Bertz CT molecular complexity index is 453. The number of hydrogen-bond acceptors (Lipinski definition) is 2. The van der Waals surface area contributed by atoms with Gasteiger partial charge in [-0.2, -0.15) is 0 Å². The van der Waals surface area contributed by atoms with Crippen molar-refractivity contribution in [2.75, 3.05) is 0 Å². The first-order chi connectivity index (χ1) is 8.33. The fourth-order valence-electron chi connectivity index (χ4n) is 1.24. The van der Waals surface area contributed by atoms with Gasteiger partial charge in [0.2, 0.25) is 5.91 Å². The highest BCUT2D eigenvalue weighted by atomic mass is 19.1.